The molecule has 3 heterocycles. The lowest BCUT2D eigenvalue weighted by Crippen LogP contribution is -2.12. The van der Waals surface area contributed by atoms with Crippen molar-refractivity contribution in [2.75, 3.05) is 5.32 Å². The number of H-pyrrole nitrogens is 1. The molecule has 0 fully saturated rings. The molecule has 3 aromatic heterocycles. The Balaban J connectivity index is 1.61. The van der Waals surface area contributed by atoms with Crippen LogP contribution >= 0.6 is 11.3 Å². The number of amides is 1. The zero-order chi connectivity index (χ0) is 16.7. The van der Waals surface area contributed by atoms with Gasteiger partial charge in [-0.2, -0.15) is 5.10 Å². The average molecular weight is 336 g/mol. The molecule has 0 atom stereocenters. The number of aromatic nitrogens is 3. The van der Waals surface area contributed by atoms with Crippen LogP contribution in [0.1, 0.15) is 15.2 Å². The van der Waals surface area contributed by atoms with E-state index in [9.17, 15) is 4.79 Å². The van der Waals surface area contributed by atoms with Gasteiger partial charge in [0.25, 0.3) is 5.91 Å². The highest BCUT2D eigenvalue weighted by atomic mass is 32.1. The number of hydrogen-bond acceptors (Lipinski definition) is 3. The summed E-state index contributed by atoms with van der Waals surface area (Å²) in [5.74, 6) is 0.362. The third-order valence-electron chi connectivity index (χ3n) is 4.00. The number of anilines is 1. The summed E-state index contributed by atoms with van der Waals surface area (Å²) in [6.07, 6.45) is 1.95. The largest absolute Gasteiger partial charge is 0.351 e. The number of carbonyl (C=O) groups is 1. The van der Waals surface area contributed by atoms with Crippen molar-refractivity contribution in [1.29, 1.82) is 0 Å². The minimum absolute atomic E-state index is 0.160. The van der Waals surface area contributed by atoms with Gasteiger partial charge in [-0.3, -0.25) is 9.89 Å². The molecule has 0 unspecified atom stereocenters. The highest BCUT2D eigenvalue weighted by Gasteiger charge is 2.14. The topological polar surface area (TPSA) is 62.7 Å². The highest BCUT2D eigenvalue weighted by molar-refractivity contribution is 7.15. The Morgan fingerprint density at radius 1 is 1.25 bits per heavy atom. The number of benzene rings is 1. The smallest absolute Gasteiger partial charge is 0.257 e. The van der Waals surface area contributed by atoms with Crippen LogP contribution in [-0.2, 0) is 7.05 Å². The van der Waals surface area contributed by atoms with Gasteiger partial charge >= 0.3 is 0 Å². The van der Waals surface area contributed by atoms with Gasteiger partial charge < -0.3 is 9.88 Å². The quantitative estimate of drug-likeness (QED) is 0.589. The fourth-order valence-corrected chi connectivity index (χ4v) is 3.61. The Labute approximate surface area is 142 Å². The Morgan fingerprint density at radius 3 is 2.92 bits per heavy atom. The van der Waals surface area contributed by atoms with Crippen LogP contribution < -0.4 is 5.32 Å². The summed E-state index contributed by atoms with van der Waals surface area (Å²) in [6.45, 7) is 2.06. The first kappa shape index (κ1) is 14.7. The minimum atomic E-state index is -0.160. The van der Waals surface area contributed by atoms with E-state index in [0.29, 0.717) is 11.4 Å². The van der Waals surface area contributed by atoms with Crippen molar-refractivity contribution in [2.45, 2.75) is 6.92 Å². The van der Waals surface area contributed by atoms with Crippen molar-refractivity contribution in [1.82, 2.24) is 14.8 Å². The first-order valence-corrected chi connectivity index (χ1v) is 8.41. The standard InChI is InChI=1S/C18H16N4OS/c1-11-6-7-16(24-11)14-10-17(21-20-14)19-18(23)13-4-3-5-15-12(13)8-9-22(15)2/h3-10H,1-2H3,(H2,19,20,21,23). The number of thiophene rings is 1. The zero-order valence-corrected chi connectivity index (χ0v) is 14.1. The van der Waals surface area contributed by atoms with E-state index in [4.69, 9.17) is 0 Å². The van der Waals surface area contributed by atoms with E-state index in [0.717, 1.165) is 21.5 Å². The van der Waals surface area contributed by atoms with E-state index in [1.807, 2.05) is 54.2 Å². The normalized spacial score (nSPS) is 11.1. The summed E-state index contributed by atoms with van der Waals surface area (Å²) >= 11 is 1.69. The molecule has 1 aromatic carbocycles. The first-order chi connectivity index (χ1) is 11.6. The SMILES string of the molecule is Cc1ccc(-c2cc(NC(=O)c3cccc4c3ccn4C)n[nH]2)s1. The van der Waals surface area contributed by atoms with Crippen molar-refractivity contribution in [3.63, 3.8) is 0 Å². The van der Waals surface area contributed by atoms with Gasteiger partial charge in [0.15, 0.2) is 5.82 Å². The lowest BCUT2D eigenvalue weighted by molar-refractivity contribution is 0.102. The molecule has 4 aromatic rings. The summed E-state index contributed by atoms with van der Waals surface area (Å²) < 4.78 is 2.00. The Hall–Kier alpha value is -2.86. The number of carbonyl (C=O) groups excluding carboxylic acids is 1. The molecule has 0 saturated carbocycles. The molecule has 2 N–H and O–H groups in total. The molecule has 4 rings (SSSR count). The number of nitrogens with one attached hydrogen (secondary N) is 2. The second kappa shape index (κ2) is 5.65. The van der Waals surface area contributed by atoms with E-state index < -0.39 is 0 Å². The molecule has 24 heavy (non-hydrogen) atoms. The van der Waals surface area contributed by atoms with Crippen molar-refractivity contribution < 1.29 is 4.79 Å². The fourth-order valence-electron chi connectivity index (χ4n) is 2.78. The molecule has 5 nitrogen and oxygen atoms in total. The number of hydrogen-bond donors (Lipinski definition) is 2. The van der Waals surface area contributed by atoms with Gasteiger partial charge in [-0.25, -0.2) is 0 Å². The Bertz CT molecular complexity index is 1040. The Kier molecular flexibility index (Phi) is 3.46. The highest BCUT2D eigenvalue weighted by Crippen LogP contribution is 2.28. The molecule has 0 spiro atoms. The van der Waals surface area contributed by atoms with Crippen molar-refractivity contribution in [3.05, 3.63) is 59.1 Å². The second-order valence-corrected chi connectivity index (χ2v) is 6.98. The van der Waals surface area contributed by atoms with Crippen molar-refractivity contribution in [3.8, 4) is 10.6 Å². The fraction of sp³-hybridized carbons (Fsp3) is 0.111. The monoisotopic (exact) mass is 336 g/mol. The van der Waals surface area contributed by atoms with E-state index in [2.05, 4.69) is 28.5 Å². The Morgan fingerprint density at radius 2 is 2.12 bits per heavy atom. The van der Waals surface area contributed by atoms with E-state index in [-0.39, 0.29) is 5.91 Å². The molecule has 1 amide bonds. The predicted octanol–water partition coefficient (Wildman–Crippen LogP) is 4.19. The molecule has 0 saturated heterocycles. The summed E-state index contributed by atoms with van der Waals surface area (Å²) in [5, 5.41) is 11.0. The number of aryl methyl sites for hydroxylation is 2. The van der Waals surface area contributed by atoms with Crippen molar-refractivity contribution >= 4 is 34.0 Å². The summed E-state index contributed by atoms with van der Waals surface area (Å²) in [5.41, 5.74) is 2.57. The average Bonchev–Trinajstić information content (AvgIpc) is 3.28. The van der Waals surface area contributed by atoms with Crippen molar-refractivity contribution in [2.24, 2.45) is 7.05 Å². The number of nitrogens with zero attached hydrogens (tertiary/aromatic N) is 2. The van der Waals surface area contributed by atoms with Gasteiger partial charge in [-0.05, 0) is 37.3 Å². The molecular weight excluding hydrogens is 320 g/mol. The van der Waals surface area contributed by atoms with E-state index in [1.54, 1.807) is 11.3 Å². The van der Waals surface area contributed by atoms with Gasteiger partial charge in [0.1, 0.15) is 0 Å². The molecule has 0 radical (unpaired) electrons. The maximum absolute atomic E-state index is 12.6. The van der Waals surface area contributed by atoms with Crippen LogP contribution in [0.25, 0.3) is 21.5 Å². The maximum atomic E-state index is 12.6. The van der Waals surface area contributed by atoms with Crippen LogP contribution in [0.5, 0.6) is 0 Å². The second-order valence-electron chi connectivity index (χ2n) is 5.70. The van der Waals surface area contributed by atoms with E-state index in [1.165, 1.54) is 4.88 Å². The molecule has 0 aliphatic carbocycles. The summed E-state index contributed by atoms with van der Waals surface area (Å²) in [4.78, 5) is 15.0. The van der Waals surface area contributed by atoms with Crippen LogP contribution in [-0.4, -0.2) is 20.7 Å². The molecule has 0 aliphatic heterocycles. The lowest BCUT2D eigenvalue weighted by Gasteiger charge is -2.04. The molecule has 0 aliphatic rings. The van der Waals surface area contributed by atoms with Gasteiger partial charge in [-0.15, -0.1) is 11.3 Å². The predicted molar refractivity (Wildman–Crippen MR) is 97.5 cm³/mol. The third kappa shape index (κ3) is 2.51. The third-order valence-corrected chi connectivity index (χ3v) is 5.03. The minimum Gasteiger partial charge on any atom is -0.351 e. The van der Waals surface area contributed by atoms with Crippen LogP contribution in [0, 0.1) is 6.92 Å². The van der Waals surface area contributed by atoms with E-state index >= 15 is 0 Å². The summed E-state index contributed by atoms with van der Waals surface area (Å²) in [6, 6.07) is 13.6. The van der Waals surface area contributed by atoms with Gasteiger partial charge in [0.05, 0.1) is 10.6 Å². The molecule has 120 valence electrons. The van der Waals surface area contributed by atoms with Gasteiger partial charge in [0, 0.05) is 40.7 Å². The number of fused-ring (bicyclic) bond motifs is 1. The molecule has 0 bridgehead atoms. The molecule has 6 heteroatoms. The first-order valence-electron chi connectivity index (χ1n) is 7.59. The zero-order valence-electron chi connectivity index (χ0n) is 13.3. The van der Waals surface area contributed by atoms with Crippen LogP contribution in [0.4, 0.5) is 5.82 Å². The van der Waals surface area contributed by atoms with Gasteiger partial charge in [-0.1, -0.05) is 6.07 Å². The van der Waals surface area contributed by atoms with Gasteiger partial charge in [0.2, 0.25) is 0 Å². The molecular formula is C18H16N4OS. The lowest BCUT2D eigenvalue weighted by atomic mass is 10.1. The number of rotatable bonds is 3. The van der Waals surface area contributed by atoms with Crippen LogP contribution in [0.2, 0.25) is 0 Å². The number of aromatic amines is 1. The van der Waals surface area contributed by atoms with Crippen LogP contribution in [0.3, 0.4) is 0 Å². The summed E-state index contributed by atoms with van der Waals surface area (Å²) in [7, 11) is 1.97. The maximum Gasteiger partial charge on any atom is 0.257 e. The van der Waals surface area contributed by atoms with Crippen LogP contribution in [0.15, 0.2) is 48.7 Å².